The summed E-state index contributed by atoms with van der Waals surface area (Å²) in [5, 5.41) is 13.8. The lowest BCUT2D eigenvalue weighted by molar-refractivity contribution is -0.148. The van der Waals surface area contributed by atoms with Gasteiger partial charge in [-0.1, -0.05) is 24.3 Å². The first-order valence-corrected chi connectivity index (χ1v) is 13.8. The highest BCUT2D eigenvalue weighted by Gasteiger charge is 2.31. The van der Waals surface area contributed by atoms with Crippen molar-refractivity contribution in [2.24, 2.45) is 5.41 Å². The van der Waals surface area contributed by atoms with Crippen molar-refractivity contribution in [1.82, 2.24) is 9.97 Å². The van der Waals surface area contributed by atoms with Gasteiger partial charge >= 0.3 is 5.97 Å². The molecule has 0 unspecified atom stereocenters. The Labute approximate surface area is 244 Å². The molecule has 1 aliphatic rings. The van der Waals surface area contributed by atoms with Crippen LogP contribution in [0, 0.1) is 5.41 Å². The van der Waals surface area contributed by atoms with Crippen molar-refractivity contribution in [2.75, 3.05) is 35.3 Å². The van der Waals surface area contributed by atoms with Crippen molar-refractivity contribution in [3.63, 3.8) is 0 Å². The molecule has 0 radical (unpaired) electrons. The van der Waals surface area contributed by atoms with Gasteiger partial charge in [-0.3, -0.25) is 14.4 Å². The van der Waals surface area contributed by atoms with E-state index < -0.39 is 11.4 Å². The number of aromatic nitrogens is 2. The van der Waals surface area contributed by atoms with Gasteiger partial charge in [0.15, 0.2) is 5.82 Å². The molecule has 0 bridgehead atoms. The molecule has 0 aliphatic carbocycles. The maximum Gasteiger partial charge on any atom is 0.309 e. The highest BCUT2D eigenvalue weighted by atomic mass is 16.5. The first kappa shape index (κ1) is 28.5. The lowest BCUT2D eigenvalue weighted by Gasteiger charge is -2.22. The predicted molar refractivity (Wildman–Crippen MR) is 162 cm³/mol. The van der Waals surface area contributed by atoms with Gasteiger partial charge < -0.3 is 25.0 Å². The molecule has 42 heavy (non-hydrogen) atoms. The highest BCUT2D eigenvalue weighted by molar-refractivity contribution is 6.12. The Hall–Kier alpha value is -4.99. The number of aliphatic carboxylic acids is 1. The number of rotatable bonds is 9. The summed E-state index contributed by atoms with van der Waals surface area (Å²) in [6, 6.07) is 16.6. The van der Waals surface area contributed by atoms with Gasteiger partial charge in [0.25, 0.3) is 5.91 Å². The normalized spacial score (nSPS) is 12.9. The highest BCUT2D eigenvalue weighted by Crippen LogP contribution is 2.37. The molecular formula is C32H33N5O5. The number of pyridine rings is 2. The van der Waals surface area contributed by atoms with Crippen LogP contribution in [0.25, 0.3) is 10.8 Å². The van der Waals surface area contributed by atoms with Crippen LogP contribution in [0.5, 0.6) is 5.75 Å². The molecule has 10 nitrogen and oxygen atoms in total. The number of carboxylic acids is 1. The van der Waals surface area contributed by atoms with Crippen molar-refractivity contribution >= 4 is 51.6 Å². The minimum absolute atomic E-state index is 0.152. The summed E-state index contributed by atoms with van der Waals surface area (Å²) in [5.74, 6) is 0.351. The van der Waals surface area contributed by atoms with Crippen LogP contribution in [-0.4, -0.2) is 53.1 Å². The van der Waals surface area contributed by atoms with Gasteiger partial charge in [0.05, 0.1) is 23.3 Å². The third-order valence-corrected chi connectivity index (χ3v) is 7.40. The molecule has 0 fully saturated rings. The van der Waals surface area contributed by atoms with E-state index in [1.54, 1.807) is 30.4 Å². The Morgan fingerprint density at radius 1 is 1.02 bits per heavy atom. The average Bonchev–Trinajstić information content (AvgIpc) is 3.05. The molecule has 10 heteroatoms. The number of carbonyl (C=O) groups excluding carboxylic acids is 2. The number of fused-ring (bicyclic) bond motifs is 3. The van der Waals surface area contributed by atoms with E-state index in [4.69, 9.17) is 4.74 Å². The van der Waals surface area contributed by atoms with E-state index in [-0.39, 0.29) is 18.2 Å². The predicted octanol–water partition coefficient (Wildman–Crippen LogP) is 5.44. The second-order valence-electron chi connectivity index (χ2n) is 10.8. The maximum atomic E-state index is 13.4. The number of anilines is 4. The average molecular weight is 568 g/mol. The van der Waals surface area contributed by atoms with Crippen LogP contribution < -0.4 is 19.9 Å². The Morgan fingerprint density at radius 2 is 1.79 bits per heavy atom. The Balaban J connectivity index is 1.33. The van der Waals surface area contributed by atoms with Crippen LogP contribution in [0.15, 0.2) is 67.0 Å². The number of hydrogen-bond acceptors (Lipinski definition) is 7. The molecule has 3 heterocycles. The van der Waals surface area contributed by atoms with E-state index in [1.807, 2.05) is 60.4 Å². The van der Waals surface area contributed by atoms with E-state index >= 15 is 0 Å². The summed E-state index contributed by atoms with van der Waals surface area (Å²) in [4.78, 5) is 50.2. The summed E-state index contributed by atoms with van der Waals surface area (Å²) in [7, 11) is 1.74. The molecule has 2 amide bonds. The van der Waals surface area contributed by atoms with Crippen molar-refractivity contribution in [3.8, 4) is 5.75 Å². The van der Waals surface area contributed by atoms with Crippen molar-refractivity contribution in [3.05, 3.63) is 78.1 Å². The fourth-order valence-corrected chi connectivity index (χ4v) is 5.02. The Bertz CT molecular complexity index is 1690. The maximum absolute atomic E-state index is 13.4. The molecule has 0 atom stereocenters. The zero-order valence-electron chi connectivity index (χ0n) is 24.0. The topological polar surface area (TPSA) is 125 Å². The van der Waals surface area contributed by atoms with E-state index in [0.717, 1.165) is 22.0 Å². The first-order valence-electron chi connectivity index (χ1n) is 13.8. The summed E-state index contributed by atoms with van der Waals surface area (Å²) >= 11 is 0. The number of hydrogen-bond donors (Lipinski definition) is 2. The van der Waals surface area contributed by atoms with Gasteiger partial charge in [-0.15, -0.1) is 0 Å². The van der Waals surface area contributed by atoms with Crippen molar-refractivity contribution < 1.29 is 24.2 Å². The molecule has 2 aromatic heterocycles. The summed E-state index contributed by atoms with van der Waals surface area (Å²) < 4.78 is 6.17. The van der Waals surface area contributed by atoms with Crippen LogP contribution in [0.1, 0.15) is 43.1 Å². The largest absolute Gasteiger partial charge is 0.493 e. The van der Waals surface area contributed by atoms with Gasteiger partial charge in [-0.05, 0) is 56.7 Å². The summed E-state index contributed by atoms with van der Waals surface area (Å²) in [6.07, 6.45) is 3.84. The van der Waals surface area contributed by atoms with Gasteiger partial charge in [0.1, 0.15) is 11.6 Å². The molecular weight excluding hydrogens is 534 g/mol. The molecule has 0 saturated carbocycles. The molecule has 2 N–H and O–H groups in total. The van der Waals surface area contributed by atoms with Crippen LogP contribution >= 0.6 is 0 Å². The van der Waals surface area contributed by atoms with Crippen LogP contribution in [0.4, 0.5) is 23.0 Å². The van der Waals surface area contributed by atoms with Crippen molar-refractivity contribution in [1.29, 1.82) is 0 Å². The smallest absolute Gasteiger partial charge is 0.309 e. The van der Waals surface area contributed by atoms with Gasteiger partial charge in [-0.25, -0.2) is 9.97 Å². The molecule has 1 aliphatic heterocycles. The lowest BCUT2D eigenvalue weighted by Crippen LogP contribution is -2.29. The second-order valence-corrected chi connectivity index (χ2v) is 10.8. The van der Waals surface area contributed by atoms with E-state index in [1.165, 1.54) is 13.8 Å². The third kappa shape index (κ3) is 5.47. The number of carboxylic acid groups (broad SMARTS) is 1. The molecule has 5 rings (SSSR count). The summed E-state index contributed by atoms with van der Waals surface area (Å²) in [6.45, 7) is 5.99. The zero-order chi connectivity index (χ0) is 30.0. The van der Waals surface area contributed by atoms with Gasteiger partial charge in [-0.2, -0.15) is 0 Å². The fraction of sp³-hybridized carbons (Fsp3) is 0.281. The lowest BCUT2D eigenvalue weighted by atomic mass is 9.89. The summed E-state index contributed by atoms with van der Waals surface area (Å²) in [5.41, 5.74) is 1.50. The molecule has 4 aromatic rings. The molecule has 0 spiro atoms. The second kappa shape index (κ2) is 11.5. The minimum atomic E-state index is -1.18. The number of amides is 2. The standard InChI is InChI=1S/C32H33N5O5/c1-5-37-28-23(30(39)36(4)25-12-8-15-33-29(25)37)17-20(19-34-28)14-16-42-26-13-7-9-21-22(26)10-6-11-24(21)35-27(38)18-32(2,3)31(40)41/h6-13,15,17,19H,5,14,16,18H2,1-4H3,(H,35,38)(H,40,41). The van der Waals surface area contributed by atoms with E-state index in [0.29, 0.717) is 48.2 Å². The SMILES string of the molecule is CCN1c2ncc(CCOc3cccc4c(NC(=O)CC(C)(C)C(=O)O)cccc34)cc2C(=O)N(C)c2cccnc21. The number of nitrogens with zero attached hydrogens (tertiary/aromatic N) is 4. The fourth-order valence-electron chi connectivity index (χ4n) is 5.02. The Morgan fingerprint density at radius 3 is 2.55 bits per heavy atom. The number of ether oxygens (including phenoxy) is 1. The van der Waals surface area contributed by atoms with Crippen LogP contribution in [0.3, 0.4) is 0 Å². The van der Waals surface area contributed by atoms with Gasteiger partial charge in [0.2, 0.25) is 5.91 Å². The monoisotopic (exact) mass is 567 g/mol. The van der Waals surface area contributed by atoms with E-state index in [9.17, 15) is 19.5 Å². The molecule has 2 aromatic carbocycles. The number of benzene rings is 2. The zero-order valence-corrected chi connectivity index (χ0v) is 24.0. The number of nitrogens with one attached hydrogen (secondary N) is 1. The quantitative estimate of drug-likeness (QED) is 0.274. The molecule has 216 valence electrons. The molecule has 0 saturated heterocycles. The van der Waals surface area contributed by atoms with E-state index in [2.05, 4.69) is 15.3 Å². The van der Waals surface area contributed by atoms with Crippen LogP contribution in [-0.2, 0) is 16.0 Å². The minimum Gasteiger partial charge on any atom is -0.493 e. The van der Waals surface area contributed by atoms with Crippen molar-refractivity contribution in [2.45, 2.75) is 33.6 Å². The Kier molecular flexibility index (Phi) is 7.80. The van der Waals surface area contributed by atoms with Crippen LogP contribution in [0.2, 0.25) is 0 Å². The first-order chi connectivity index (χ1) is 20.1. The van der Waals surface area contributed by atoms with Gasteiger partial charge in [0, 0.05) is 55.3 Å². The number of carbonyl (C=O) groups is 3. The third-order valence-electron chi connectivity index (χ3n) is 7.40.